The van der Waals surface area contributed by atoms with Crippen LogP contribution in [-0.2, 0) is 4.79 Å². The van der Waals surface area contributed by atoms with Gasteiger partial charge in [0, 0.05) is 6.07 Å². The average Bonchev–Trinajstić information content (AvgIpc) is 2.27. The molecule has 0 spiro atoms. The molecule has 0 saturated heterocycles. The number of benzene rings is 1. The molecule has 0 atom stereocenters. The number of carboxylic acid groups (broad SMARTS) is 1. The van der Waals surface area contributed by atoms with Gasteiger partial charge in [0.25, 0.3) is 5.78 Å². The predicted octanol–water partition coefficient (Wildman–Crippen LogP) is 1.11. The first-order valence-corrected chi connectivity index (χ1v) is 4.20. The SMILES string of the molecule is COc1cc(OC)c(C(=O)C(=O)O)cc1F. The van der Waals surface area contributed by atoms with Gasteiger partial charge in [-0.1, -0.05) is 0 Å². The number of Topliss-reactive ketones (excluding diaryl/α,β-unsaturated/α-hetero) is 1. The van der Waals surface area contributed by atoms with Crippen LogP contribution in [-0.4, -0.2) is 31.1 Å². The highest BCUT2D eigenvalue weighted by atomic mass is 19.1. The Morgan fingerprint density at radius 2 is 1.75 bits per heavy atom. The van der Waals surface area contributed by atoms with Crippen molar-refractivity contribution < 1.29 is 28.6 Å². The minimum atomic E-state index is -1.68. The van der Waals surface area contributed by atoms with E-state index in [1.165, 1.54) is 14.2 Å². The van der Waals surface area contributed by atoms with Gasteiger partial charge in [-0.25, -0.2) is 9.18 Å². The average molecular weight is 228 g/mol. The van der Waals surface area contributed by atoms with Gasteiger partial charge in [-0.3, -0.25) is 4.79 Å². The van der Waals surface area contributed by atoms with Gasteiger partial charge in [0.05, 0.1) is 19.8 Å². The van der Waals surface area contributed by atoms with Crippen molar-refractivity contribution in [2.24, 2.45) is 0 Å². The van der Waals surface area contributed by atoms with E-state index in [4.69, 9.17) is 9.84 Å². The fraction of sp³-hybridized carbons (Fsp3) is 0.200. The van der Waals surface area contributed by atoms with E-state index in [0.29, 0.717) is 0 Å². The molecule has 16 heavy (non-hydrogen) atoms. The van der Waals surface area contributed by atoms with E-state index in [1.54, 1.807) is 0 Å². The summed E-state index contributed by atoms with van der Waals surface area (Å²) in [6, 6.07) is 1.89. The van der Waals surface area contributed by atoms with Crippen molar-refractivity contribution in [3.63, 3.8) is 0 Å². The first kappa shape index (κ1) is 12.0. The molecule has 1 N–H and O–H groups in total. The summed E-state index contributed by atoms with van der Waals surface area (Å²) in [7, 11) is 2.49. The number of halogens is 1. The van der Waals surface area contributed by atoms with Crippen LogP contribution in [0.5, 0.6) is 11.5 Å². The Labute approximate surface area is 90.4 Å². The molecule has 1 aromatic rings. The van der Waals surface area contributed by atoms with Crippen LogP contribution in [0.15, 0.2) is 12.1 Å². The van der Waals surface area contributed by atoms with Gasteiger partial charge in [0.15, 0.2) is 11.6 Å². The number of aliphatic carboxylic acids is 1. The number of ketones is 1. The number of carbonyl (C=O) groups is 2. The molecule has 5 nitrogen and oxygen atoms in total. The van der Waals surface area contributed by atoms with E-state index in [2.05, 4.69) is 4.74 Å². The molecule has 0 bridgehead atoms. The van der Waals surface area contributed by atoms with Crippen molar-refractivity contribution in [3.8, 4) is 11.5 Å². The molecule has 86 valence electrons. The maximum Gasteiger partial charge on any atom is 0.377 e. The quantitative estimate of drug-likeness (QED) is 0.617. The summed E-state index contributed by atoms with van der Waals surface area (Å²) >= 11 is 0. The molecule has 0 amide bonds. The second kappa shape index (κ2) is 4.61. The molecule has 0 aliphatic carbocycles. The van der Waals surface area contributed by atoms with Crippen LogP contribution in [0.3, 0.4) is 0 Å². The summed E-state index contributed by atoms with van der Waals surface area (Å²) in [5.41, 5.74) is -0.353. The van der Waals surface area contributed by atoms with Crippen molar-refractivity contribution in [1.29, 1.82) is 0 Å². The predicted molar refractivity (Wildman–Crippen MR) is 51.5 cm³/mol. The maximum absolute atomic E-state index is 13.3. The second-order valence-electron chi connectivity index (χ2n) is 2.82. The van der Waals surface area contributed by atoms with Crippen molar-refractivity contribution in [2.45, 2.75) is 0 Å². The Morgan fingerprint density at radius 1 is 1.19 bits per heavy atom. The summed E-state index contributed by atoms with van der Waals surface area (Å²) < 4.78 is 22.7. The Hall–Kier alpha value is -2.11. The lowest BCUT2D eigenvalue weighted by molar-refractivity contribution is -0.131. The minimum Gasteiger partial charge on any atom is -0.496 e. The van der Waals surface area contributed by atoms with E-state index >= 15 is 0 Å². The molecule has 0 aliphatic heterocycles. The summed E-state index contributed by atoms with van der Waals surface area (Å²) in [5.74, 6) is -3.92. The van der Waals surface area contributed by atoms with Gasteiger partial charge in [-0.2, -0.15) is 0 Å². The fourth-order valence-corrected chi connectivity index (χ4v) is 1.15. The maximum atomic E-state index is 13.3. The number of carboxylic acids is 1. The highest BCUT2D eigenvalue weighted by Gasteiger charge is 2.22. The van der Waals surface area contributed by atoms with Crippen LogP contribution >= 0.6 is 0 Å². The van der Waals surface area contributed by atoms with Gasteiger partial charge < -0.3 is 14.6 Å². The van der Waals surface area contributed by atoms with Crippen LogP contribution in [0, 0.1) is 5.82 Å². The van der Waals surface area contributed by atoms with E-state index in [0.717, 1.165) is 12.1 Å². The van der Waals surface area contributed by atoms with Crippen molar-refractivity contribution in [1.82, 2.24) is 0 Å². The van der Waals surface area contributed by atoms with Crippen LogP contribution in [0.4, 0.5) is 4.39 Å². The third-order valence-electron chi connectivity index (χ3n) is 1.91. The number of hydrogen-bond acceptors (Lipinski definition) is 4. The van der Waals surface area contributed by atoms with Gasteiger partial charge in [-0.05, 0) is 6.07 Å². The first-order valence-electron chi connectivity index (χ1n) is 4.20. The Morgan fingerprint density at radius 3 is 2.19 bits per heavy atom. The lowest BCUT2D eigenvalue weighted by Crippen LogP contribution is -2.14. The normalized spacial score (nSPS) is 9.69. The molecule has 0 radical (unpaired) electrons. The molecule has 0 aromatic heterocycles. The lowest BCUT2D eigenvalue weighted by atomic mass is 10.1. The zero-order valence-corrected chi connectivity index (χ0v) is 8.61. The largest absolute Gasteiger partial charge is 0.496 e. The number of carbonyl (C=O) groups excluding carboxylic acids is 1. The number of ether oxygens (including phenoxy) is 2. The molecule has 6 heteroatoms. The minimum absolute atomic E-state index is 0.0503. The van der Waals surface area contributed by atoms with Crippen LogP contribution in [0.2, 0.25) is 0 Å². The van der Waals surface area contributed by atoms with Crippen molar-refractivity contribution in [3.05, 3.63) is 23.5 Å². The summed E-state index contributed by atoms with van der Waals surface area (Å²) in [4.78, 5) is 21.7. The molecule has 0 heterocycles. The summed E-state index contributed by atoms with van der Waals surface area (Å²) in [6.07, 6.45) is 0. The summed E-state index contributed by atoms with van der Waals surface area (Å²) in [5, 5.41) is 8.51. The highest BCUT2D eigenvalue weighted by molar-refractivity contribution is 6.40. The lowest BCUT2D eigenvalue weighted by Gasteiger charge is -2.08. The first-order chi connectivity index (χ1) is 7.51. The number of hydrogen-bond donors (Lipinski definition) is 1. The smallest absolute Gasteiger partial charge is 0.377 e. The van der Waals surface area contributed by atoms with Gasteiger partial charge in [-0.15, -0.1) is 0 Å². The molecule has 1 aromatic carbocycles. The van der Waals surface area contributed by atoms with Gasteiger partial charge >= 0.3 is 5.97 Å². The van der Waals surface area contributed by atoms with E-state index in [1.807, 2.05) is 0 Å². The summed E-state index contributed by atoms with van der Waals surface area (Å²) in [6.45, 7) is 0. The van der Waals surface area contributed by atoms with E-state index < -0.39 is 17.6 Å². The van der Waals surface area contributed by atoms with Crippen LogP contribution < -0.4 is 9.47 Å². The number of methoxy groups -OCH3 is 2. The second-order valence-corrected chi connectivity index (χ2v) is 2.82. The van der Waals surface area contributed by atoms with E-state index in [9.17, 15) is 14.0 Å². The Balaban J connectivity index is 3.34. The van der Waals surface area contributed by atoms with Crippen molar-refractivity contribution >= 4 is 11.8 Å². The Kier molecular flexibility index (Phi) is 3.44. The van der Waals surface area contributed by atoms with E-state index in [-0.39, 0.29) is 17.1 Å². The molecular weight excluding hydrogens is 219 g/mol. The molecule has 0 aliphatic rings. The van der Waals surface area contributed by atoms with Crippen molar-refractivity contribution in [2.75, 3.05) is 14.2 Å². The zero-order chi connectivity index (χ0) is 12.3. The number of rotatable bonds is 4. The third-order valence-corrected chi connectivity index (χ3v) is 1.91. The third kappa shape index (κ3) is 2.10. The van der Waals surface area contributed by atoms with Gasteiger partial charge in [0.2, 0.25) is 0 Å². The fourth-order valence-electron chi connectivity index (χ4n) is 1.15. The molecule has 0 saturated carbocycles. The monoisotopic (exact) mass is 228 g/mol. The van der Waals surface area contributed by atoms with Crippen LogP contribution in [0.1, 0.15) is 10.4 Å². The van der Waals surface area contributed by atoms with Gasteiger partial charge in [0.1, 0.15) is 5.75 Å². The molecular formula is C10H9FO5. The highest BCUT2D eigenvalue weighted by Crippen LogP contribution is 2.28. The topological polar surface area (TPSA) is 72.8 Å². The standard InChI is InChI=1S/C10H9FO5/c1-15-7-4-8(16-2)6(11)3-5(7)9(12)10(13)14/h3-4H,1-2H3,(H,13,14). The zero-order valence-electron chi connectivity index (χ0n) is 8.61. The molecule has 0 unspecified atom stereocenters. The Bertz CT molecular complexity index is 441. The van der Waals surface area contributed by atoms with Crippen LogP contribution in [0.25, 0.3) is 0 Å². The molecule has 0 fully saturated rings. The molecule has 1 rings (SSSR count).